The van der Waals surface area contributed by atoms with Gasteiger partial charge in [0.25, 0.3) is 0 Å². The number of benzene rings is 2. The summed E-state index contributed by atoms with van der Waals surface area (Å²) >= 11 is 0. The van der Waals surface area contributed by atoms with Gasteiger partial charge < -0.3 is 4.74 Å². The minimum Gasteiger partial charge on any atom is -0.497 e. The number of alkyl halides is 2. The summed E-state index contributed by atoms with van der Waals surface area (Å²) < 4.78 is 33.3. The lowest BCUT2D eigenvalue weighted by molar-refractivity contribution is 0.0384. The van der Waals surface area contributed by atoms with E-state index in [2.05, 4.69) is 0 Å². The monoisotopic (exact) mass is 313 g/mol. The molecular weight excluding hydrogens is 300 g/mol. The normalized spacial score (nSPS) is 11.7. The van der Waals surface area contributed by atoms with Crippen LogP contribution in [0.15, 0.2) is 60.7 Å². The van der Waals surface area contributed by atoms with E-state index in [0.29, 0.717) is 17.4 Å². The Kier molecular flexibility index (Phi) is 4.87. The van der Waals surface area contributed by atoms with E-state index in [4.69, 9.17) is 10.00 Å². The standard InChI is InChI=1S/C18H13F2NO2/c1-23-16-9-7-14(8-10-16)17(22)18(19,20)11-15(12-21)13-5-3-2-4-6-13/h2-11H,1H3/b15-11-. The Morgan fingerprint density at radius 1 is 1.09 bits per heavy atom. The van der Waals surface area contributed by atoms with Crippen LogP contribution in [0.3, 0.4) is 0 Å². The molecular formula is C18H13F2NO2. The Labute approximate surface area is 132 Å². The first kappa shape index (κ1) is 16.4. The van der Waals surface area contributed by atoms with Gasteiger partial charge >= 0.3 is 5.92 Å². The Morgan fingerprint density at radius 2 is 1.70 bits per heavy atom. The third-order valence-electron chi connectivity index (χ3n) is 3.19. The van der Waals surface area contributed by atoms with E-state index in [1.807, 2.05) is 0 Å². The van der Waals surface area contributed by atoms with Crippen LogP contribution in [-0.2, 0) is 0 Å². The SMILES string of the molecule is COc1ccc(C(=O)C(F)(F)/C=C(/C#N)c2ccccc2)cc1. The molecule has 0 aliphatic heterocycles. The number of Topliss-reactive ketones (excluding diaryl/α,β-unsaturated/α-hetero) is 1. The van der Waals surface area contributed by atoms with Gasteiger partial charge in [-0.15, -0.1) is 0 Å². The molecule has 0 radical (unpaired) electrons. The molecule has 3 nitrogen and oxygen atoms in total. The number of nitrogens with zero attached hydrogens (tertiary/aromatic N) is 1. The molecule has 0 saturated carbocycles. The van der Waals surface area contributed by atoms with E-state index in [9.17, 15) is 13.6 Å². The number of methoxy groups -OCH3 is 1. The molecule has 0 aromatic heterocycles. The molecule has 5 heteroatoms. The highest BCUT2D eigenvalue weighted by Gasteiger charge is 2.37. The topological polar surface area (TPSA) is 50.1 Å². The maximum atomic E-state index is 14.2. The zero-order chi connectivity index (χ0) is 16.9. The van der Waals surface area contributed by atoms with Gasteiger partial charge in [0.15, 0.2) is 0 Å². The molecule has 0 unspecified atom stereocenters. The van der Waals surface area contributed by atoms with Crippen LogP contribution in [0.4, 0.5) is 8.78 Å². The Bertz CT molecular complexity index is 760. The predicted molar refractivity (Wildman–Crippen MR) is 82.3 cm³/mol. The summed E-state index contributed by atoms with van der Waals surface area (Å²) in [5.41, 5.74) is -0.0768. The van der Waals surface area contributed by atoms with Crippen LogP contribution < -0.4 is 4.74 Å². The summed E-state index contributed by atoms with van der Waals surface area (Å²) in [5.74, 6) is -4.69. The summed E-state index contributed by atoms with van der Waals surface area (Å²) in [7, 11) is 1.44. The molecule has 0 heterocycles. The first-order valence-electron chi connectivity index (χ1n) is 6.73. The van der Waals surface area contributed by atoms with Crippen LogP contribution in [-0.4, -0.2) is 18.8 Å². The number of ether oxygens (including phenoxy) is 1. The van der Waals surface area contributed by atoms with Gasteiger partial charge in [-0.05, 0) is 29.8 Å². The minimum absolute atomic E-state index is 0.155. The molecule has 0 bridgehead atoms. The van der Waals surface area contributed by atoms with Crippen molar-refractivity contribution < 1.29 is 18.3 Å². The highest BCUT2D eigenvalue weighted by atomic mass is 19.3. The lowest BCUT2D eigenvalue weighted by Gasteiger charge is -2.12. The zero-order valence-corrected chi connectivity index (χ0v) is 12.3. The minimum atomic E-state index is -3.78. The second-order valence-electron chi connectivity index (χ2n) is 4.72. The van der Waals surface area contributed by atoms with E-state index in [-0.39, 0.29) is 11.1 Å². The summed E-state index contributed by atoms with van der Waals surface area (Å²) in [6.45, 7) is 0. The largest absolute Gasteiger partial charge is 0.497 e. The molecule has 0 aliphatic carbocycles. The van der Waals surface area contributed by atoms with Crippen molar-refractivity contribution in [3.05, 3.63) is 71.8 Å². The van der Waals surface area contributed by atoms with E-state index in [1.54, 1.807) is 24.3 Å². The number of nitriles is 1. The fourth-order valence-electron chi connectivity index (χ4n) is 1.98. The number of carbonyl (C=O) groups is 1. The lowest BCUT2D eigenvalue weighted by Crippen LogP contribution is -2.26. The third kappa shape index (κ3) is 3.80. The number of allylic oxidation sites excluding steroid dienone is 2. The molecule has 2 rings (SSSR count). The number of hydrogen-bond acceptors (Lipinski definition) is 3. The van der Waals surface area contributed by atoms with Crippen LogP contribution in [0.5, 0.6) is 5.75 Å². The summed E-state index contributed by atoms with van der Waals surface area (Å²) in [6, 6.07) is 15.1. The van der Waals surface area contributed by atoms with E-state index in [0.717, 1.165) is 0 Å². The highest BCUT2D eigenvalue weighted by Crippen LogP contribution is 2.27. The molecule has 0 spiro atoms. The first-order chi connectivity index (χ1) is 11.0. The summed E-state index contributed by atoms with van der Waals surface area (Å²) in [6.07, 6.45) is 0.398. The Morgan fingerprint density at radius 3 is 2.22 bits per heavy atom. The second kappa shape index (κ2) is 6.84. The van der Waals surface area contributed by atoms with Crippen molar-refractivity contribution in [2.75, 3.05) is 7.11 Å². The molecule has 0 amide bonds. The molecule has 2 aromatic rings. The Balaban J connectivity index is 2.34. The van der Waals surface area contributed by atoms with Crippen LogP contribution >= 0.6 is 0 Å². The van der Waals surface area contributed by atoms with Crippen LogP contribution in [0.1, 0.15) is 15.9 Å². The van der Waals surface area contributed by atoms with E-state index >= 15 is 0 Å². The molecule has 0 atom stereocenters. The molecule has 23 heavy (non-hydrogen) atoms. The average molecular weight is 313 g/mol. The van der Waals surface area contributed by atoms with Crippen LogP contribution in [0.25, 0.3) is 5.57 Å². The molecule has 0 fully saturated rings. The Hall–Kier alpha value is -3.00. The van der Waals surface area contributed by atoms with Crippen molar-refractivity contribution in [3.63, 3.8) is 0 Å². The van der Waals surface area contributed by atoms with Gasteiger partial charge in [-0.25, -0.2) is 0 Å². The molecule has 0 aliphatic rings. The zero-order valence-electron chi connectivity index (χ0n) is 12.3. The predicted octanol–water partition coefficient (Wildman–Crippen LogP) is 4.12. The van der Waals surface area contributed by atoms with Gasteiger partial charge in [0.2, 0.25) is 5.78 Å². The second-order valence-corrected chi connectivity index (χ2v) is 4.72. The number of carbonyl (C=O) groups excluding carboxylic acids is 1. The van der Waals surface area contributed by atoms with Crippen molar-refractivity contribution in [1.29, 1.82) is 5.26 Å². The van der Waals surface area contributed by atoms with Crippen LogP contribution in [0.2, 0.25) is 0 Å². The van der Waals surface area contributed by atoms with Crippen molar-refractivity contribution in [2.24, 2.45) is 0 Å². The smallest absolute Gasteiger partial charge is 0.329 e. The van der Waals surface area contributed by atoms with Crippen LogP contribution in [0, 0.1) is 11.3 Å². The van der Waals surface area contributed by atoms with Gasteiger partial charge in [-0.2, -0.15) is 14.0 Å². The van der Waals surface area contributed by atoms with E-state index < -0.39 is 11.7 Å². The average Bonchev–Trinajstić information content (AvgIpc) is 2.60. The number of rotatable bonds is 5. The fraction of sp³-hybridized carbons (Fsp3) is 0.111. The summed E-state index contributed by atoms with van der Waals surface area (Å²) in [5, 5.41) is 9.08. The molecule has 0 saturated heterocycles. The van der Waals surface area contributed by atoms with Gasteiger partial charge in [0, 0.05) is 11.6 Å². The maximum absolute atomic E-state index is 14.2. The highest BCUT2D eigenvalue weighted by molar-refractivity contribution is 6.04. The van der Waals surface area contributed by atoms with Gasteiger partial charge in [0.05, 0.1) is 18.8 Å². The molecule has 116 valence electrons. The van der Waals surface area contributed by atoms with Crippen molar-refractivity contribution in [2.45, 2.75) is 5.92 Å². The summed E-state index contributed by atoms with van der Waals surface area (Å²) in [4.78, 5) is 12.0. The van der Waals surface area contributed by atoms with E-state index in [1.165, 1.54) is 43.5 Å². The van der Waals surface area contributed by atoms with Gasteiger partial charge in [0.1, 0.15) is 5.75 Å². The van der Waals surface area contributed by atoms with Crippen molar-refractivity contribution in [1.82, 2.24) is 0 Å². The number of ketones is 1. The fourth-order valence-corrected chi connectivity index (χ4v) is 1.98. The number of hydrogen-bond donors (Lipinski definition) is 0. The van der Waals surface area contributed by atoms with Gasteiger partial charge in [-0.1, -0.05) is 30.3 Å². The molecule has 0 N–H and O–H groups in total. The lowest BCUT2D eigenvalue weighted by atomic mass is 10.00. The maximum Gasteiger partial charge on any atom is 0.329 e. The van der Waals surface area contributed by atoms with Crippen molar-refractivity contribution >= 4 is 11.4 Å². The van der Waals surface area contributed by atoms with Gasteiger partial charge in [-0.3, -0.25) is 4.79 Å². The first-order valence-corrected chi connectivity index (χ1v) is 6.73. The quantitative estimate of drug-likeness (QED) is 0.616. The van der Waals surface area contributed by atoms with Crippen molar-refractivity contribution in [3.8, 4) is 11.8 Å². The third-order valence-corrected chi connectivity index (χ3v) is 3.19. The number of halogens is 2. The molecule has 2 aromatic carbocycles.